The Balaban J connectivity index is 1.62. The largest absolute Gasteiger partial charge is 0.350 e. The number of carbonyl (C=O) groups excluding carboxylic acids is 3. The van der Waals surface area contributed by atoms with E-state index in [0.717, 1.165) is 30.5 Å². The van der Waals surface area contributed by atoms with Gasteiger partial charge in [0.25, 0.3) is 17.7 Å². The summed E-state index contributed by atoms with van der Waals surface area (Å²) in [6, 6.07) is 9.47. The maximum absolute atomic E-state index is 13.8. The maximum atomic E-state index is 13.8. The second-order valence-corrected chi connectivity index (χ2v) is 9.02. The van der Waals surface area contributed by atoms with Gasteiger partial charge in [0.1, 0.15) is 11.6 Å². The van der Waals surface area contributed by atoms with E-state index in [2.05, 4.69) is 5.32 Å². The number of nitrogens with two attached hydrogens (primary N) is 1. The van der Waals surface area contributed by atoms with Gasteiger partial charge in [-0.2, -0.15) is 0 Å². The highest BCUT2D eigenvalue weighted by Crippen LogP contribution is 2.24. The summed E-state index contributed by atoms with van der Waals surface area (Å²) in [5.41, 5.74) is 7.02. The third-order valence-electron chi connectivity index (χ3n) is 6.42. The number of halogens is 2. The van der Waals surface area contributed by atoms with Gasteiger partial charge in [0, 0.05) is 42.4 Å². The molecule has 34 heavy (non-hydrogen) atoms. The molecule has 3 N–H and O–H groups in total. The summed E-state index contributed by atoms with van der Waals surface area (Å²) in [6.07, 6.45) is 1.71. The van der Waals surface area contributed by atoms with Crippen molar-refractivity contribution >= 4 is 17.7 Å². The van der Waals surface area contributed by atoms with Crippen molar-refractivity contribution in [2.24, 2.45) is 5.73 Å². The number of aryl methyl sites for hydroxylation is 1. The van der Waals surface area contributed by atoms with E-state index >= 15 is 0 Å². The third-order valence-corrected chi connectivity index (χ3v) is 6.42. The molecule has 1 aliphatic carbocycles. The summed E-state index contributed by atoms with van der Waals surface area (Å²) in [6.45, 7) is 2.03. The highest BCUT2D eigenvalue weighted by molar-refractivity contribution is 6.02. The van der Waals surface area contributed by atoms with E-state index in [0.29, 0.717) is 24.5 Å². The molecule has 4 rings (SSSR count). The maximum Gasteiger partial charge on any atom is 0.264 e. The second kappa shape index (κ2) is 9.89. The van der Waals surface area contributed by atoms with Crippen LogP contribution in [0.15, 0.2) is 42.5 Å². The fourth-order valence-electron chi connectivity index (χ4n) is 4.66. The van der Waals surface area contributed by atoms with E-state index in [1.165, 1.54) is 9.80 Å². The molecule has 1 saturated carbocycles. The summed E-state index contributed by atoms with van der Waals surface area (Å²) < 4.78 is 27.5. The molecule has 0 radical (unpaired) electrons. The third kappa shape index (κ3) is 5.09. The predicted octanol–water partition coefficient (Wildman–Crippen LogP) is 2.58. The van der Waals surface area contributed by atoms with Crippen molar-refractivity contribution in [2.75, 3.05) is 13.1 Å². The number of nitrogens with zero attached hydrogens (tertiary/aromatic N) is 2. The Bertz CT molecular complexity index is 1080. The molecule has 0 spiro atoms. The zero-order valence-corrected chi connectivity index (χ0v) is 19.0. The van der Waals surface area contributed by atoms with Crippen LogP contribution in [0.1, 0.15) is 52.0 Å². The lowest BCUT2D eigenvalue weighted by Gasteiger charge is -2.33. The minimum Gasteiger partial charge on any atom is -0.350 e. The number of hydrogen-bond acceptors (Lipinski definition) is 4. The smallest absolute Gasteiger partial charge is 0.264 e. The number of carbonyl (C=O) groups is 3. The first-order valence-electron chi connectivity index (χ1n) is 11.4. The standard InChI is InChI=1S/C25H28F2N4O3/c1-15-3-2-4-16(11-15)24(33)30-9-10-31(25(34)17-12-18(26)14-19(27)13-17)23(30)22(32)29-21-7-5-20(28)6-8-21/h2-4,11-14,20-21,23H,5-10,28H2,1H3,(H,29,32). The normalized spacial score (nSPS) is 22.5. The van der Waals surface area contributed by atoms with Gasteiger partial charge in [0.15, 0.2) is 6.17 Å². The van der Waals surface area contributed by atoms with E-state index in [-0.39, 0.29) is 30.7 Å². The van der Waals surface area contributed by atoms with Crippen molar-refractivity contribution in [3.05, 3.63) is 70.8 Å². The summed E-state index contributed by atoms with van der Waals surface area (Å²) in [7, 11) is 0. The monoisotopic (exact) mass is 470 g/mol. The lowest BCUT2D eigenvalue weighted by molar-refractivity contribution is -0.129. The molecule has 0 aromatic heterocycles. The van der Waals surface area contributed by atoms with Crippen LogP contribution in [-0.2, 0) is 4.79 Å². The van der Waals surface area contributed by atoms with Crippen molar-refractivity contribution in [2.45, 2.75) is 50.9 Å². The van der Waals surface area contributed by atoms with Gasteiger partial charge in [-0.05, 0) is 56.9 Å². The molecule has 3 amide bonds. The average molecular weight is 471 g/mol. The molecule has 2 fully saturated rings. The van der Waals surface area contributed by atoms with E-state index in [9.17, 15) is 23.2 Å². The van der Waals surface area contributed by atoms with Gasteiger partial charge in [-0.3, -0.25) is 14.4 Å². The number of amides is 3. The van der Waals surface area contributed by atoms with Crippen molar-refractivity contribution < 1.29 is 23.2 Å². The van der Waals surface area contributed by atoms with Crippen LogP contribution < -0.4 is 11.1 Å². The topological polar surface area (TPSA) is 95.7 Å². The van der Waals surface area contributed by atoms with Gasteiger partial charge < -0.3 is 20.9 Å². The lowest BCUT2D eigenvalue weighted by Crippen LogP contribution is -2.56. The number of hydrogen-bond donors (Lipinski definition) is 2. The molecule has 1 atom stereocenters. The van der Waals surface area contributed by atoms with Crippen LogP contribution in [0, 0.1) is 18.6 Å². The number of benzene rings is 2. The molecular formula is C25H28F2N4O3. The molecule has 1 unspecified atom stereocenters. The van der Waals surface area contributed by atoms with Crippen molar-refractivity contribution in [1.82, 2.24) is 15.1 Å². The fourth-order valence-corrected chi connectivity index (χ4v) is 4.66. The molecule has 2 aromatic carbocycles. The minimum atomic E-state index is -1.23. The summed E-state index contributed by atoms with van der Waals surface area (Å²) in [5.74, 6) is -3.40. The zero-order chi connectivity index (χ0) is 24.4. The van der Waals surface area contributed by atoms with Gasteiger partial charge in [0.2, 0.25) is 0 Å². The summed E-state index contributed by atoms with van der Waals surface area (Å²) in [5, 5.41) is 2.96. The van der Waals surface area contributed by atoms with E-state index in [1.807, 2.05) is 13.0 Å². The van der Waals surface area contributed by atoms with Crippen LogP contribution in [0.2, 0.25) is 0 Å². The molecule has 180 valence electrons. The molecule has 9 heteroatoms. The average Bonchev–Trinajstić information content (AvgIpc) is 3.24. The van der Waals surface area contributed by atoms with E-state index in [1.54, 1.807) is 18.2 Å². The highest BCUT2D eigenvalue weighted by Gasteiger charge is 2.44. The van der Waals surface area contributed by atoms with Crippen LogP contribution in [-0.4, -0.2) is 58.9 Å². The van der Waals surface area contributed by atoms with Gasteiger partial charge in [-0.25, -0.2) is 8.78 Å². The SMILES string of the molecule is Cc1cccc(C(=O)N2CCN(C(=O)c3cc(F)cc(F)c3)C2C(=O)NC2CCC(N)CC2)c1. The highest BCUT2D eigenvalue weighted by atomic mass is 19.1. The first-order valence-corrected chi connectivity index (χ1v) is 11.4. The molecule has 0 bridgehead atoms. The van der Waals surface area contributed by atoms with Crippen molar-refractivity contribution in [3.8, 4) is 0 Å². The summed E-state index contributed by atoms with van der Waals surface area (Å²) in [4.78, 5) is 42.5. The van der Waals surface area contributed by atoms with Crippen molar-refractivity contribution in [1.29, 1.82) is 0 Å². The first-order chi connectivity index (χ1) is 16.2. The number of rotatable bonds is 4. The first kappa shape index (κ1) is 23.8. The van der Waals surface area contributed by atoms with Gasteiger partial charge in [0.05, 0.1) is 0 Å². The van der Waals surface area contributed by atoms with Crippen molar-refractivity contribution in [3.63, 3.8) is 0 Å². The van der Waals surface area contributed by atoms with Crippen LogP contribution >= 0.6 is 0 Å². The Hall–Kier alpha value is -3.33. The molecule has 2 aromatic rings. The Morgan fingerprint density at radius 3 is 2.06 bits per heavy atom. The van der Waals surface area contributed by atoms with Gasteiger partial charge >= 0.3 is 0 Å². The Kier molecular flexibility index (Phi) is 6.92. The van der Waals surface area contributed by atoms with Crippen LogP contribution in [0.3, 0.4) is 0 Å². The van der Waals surface area contributed by atoms with Gasteiger partial charge in [-0.15, -0.1) is 0 Å². The molecule has 7 nitrogen and oxygen atoms in total. The second-order valence-electron chi connectivity index (χ2n) is 9.02. The quantitative estimate of drug-likeness (QED) is 0.718. The molecule has 1 aliphatic heterocycles. The zero-order valence-electron chi connectivity index (χ0n) is 19.0. The Labute approximate surface area is 196 Å². The Morgan fingerprint density at radius 2 is 1.47 bits per heavy atom. The molecular weight excluding hydrogens is 442 g/mol. The predicted molar refractivity (Wildman–Crippen MR) is 122 cm³/mol. The number of nitrogens with one attached hydrogen (secondary N) is 1. The molecule has 2 aliphatic rings. The van der Waals surface area contributed by atoms with Crippen LogP contribution in [0.4, 0.5) is 8.78 Å². The summed E-state index contributed by atoms with van der Waals surface area (Å²) >= 11 is 0. The van der Waals surface area contributed by atoms with E-state index in [4.69, 9.17) is 5.73 Å². The van der Waals surface area contributed by atoms with Gasteiger partial charge in [-0.1, -0.05) is 17.7 Å². The minimum absolute atomic E-state index is 0.0577. The Morgan fingerprint density at radius 1 is 0.882 bits per heavy atom. The van der Waals surface area contributed by atoms with Crippen LogP contribution in [0.5, 0.6) is 0 Å². The van der Waals surface area contributed by atoms with Crippen LogP contribution in [0.25, 0.3) is 0 Å². The lowest BCUT2D eigenvalue weighted by atomic mass is 9.92. The molecule has 1 saturated heterocycles. The fraction of sp³-hybridized carbons (Fsp3) is 0.400. The molecule has 1 heterocycles. The van der Waals surface area contributed by atoms with E-state index < -0.39 is 35.5 Å².